The molecule has 31 heavy (non-hydrogen) atoms. The quantitative estimate of drug-likeness (QED) is 0.404. The van der Waals surface area contributed by atoms with Crippen LogP contribution in [0.5, 0.6) is 0 Å². The van der Waals surface area contributed by atoms with Gasteiger partial charge in [0.1, 0.15) is 10.7 Å². The Morgan fingerprint density at radius 3 is 2.61 bits per heavy atom. The molecule has 0 radical (unpaired) electrons. The van der Waals surface area contributed by atoms with Gasteiger partial charge in [-0.3, -0.25) is 18.7 Å². The summed E-state index contributed by atoms with van der Waals surface area (Å²) in [6.07, 6.45) is 0. The van der Waals surface area contributed by atoms with E-state index in [1.54, 1.807) is 11.3 Å². The lowest BCUT2D eigenvalue weighted by molar-refractivity contribution is 0.698. The van der Waals surface area contributed by atoms with Gasteiger partial charge in [-0.1, -0.05) is 0 Å². The fourth-order valence-electron chi connectivity index (χ4n) is 3.54. The maximum atomic E-state index is 12.9. The third-order valence-corrected chi connectivity index (χ3v) is 7.30. The molecule has 5 rings (SSSR count). The topological polar surface area (TPSA) is 108 Å². The second kappa shape index (κ2) is 7.01. The summed E-state index contributed by atoms with van der Waals surface area (Å²) >= 11 is 9.28. The van der Waals surface area contributed by atoms with Crippen molar-refractivity contribution in [2.75, 3.05) is 0 Å². The molecule has 0 amide bonds. The van der Waals surface area contributed by atoms with Crippen LogP contribution < -0.4 is 16.8 Å². The second-order valence-corrected chi connectivity index (χ2v) is 9.58. The van der Waals surface area contributed by atoms with Gasteiger partial charge in [0.2, 0.25) is 5.28 Å². The van der Waals surface area contributed by atoms with Crippen molar-refractivity contribution in [1.29, 1.82) is 0 Å². The van der Waals surface area contributed by atoms with Gasteiger partial charge >= 0.3 is 5.69 Å². The van der Waals surface area contributed by atoms with Crippen LogP contribution in [0.25, 0.3) is 31.8 Å². The van der Waals surface area contributed by atoms with E-state index in [1.165, 1.54) is 34.6 Å². The molecule has 12 heteroatoms. The molecule has 0 aliphatic rings. The van der Waals surface area contributed by atoms with Crippen LogP contribution in [0.4, 0.5) is 0 Å². The summed E-state index contributed by atoms with van der Waals surface area (Å²) < 4.78 is 3.69. The molecule has 5 heterocycles. The Balaban J connectivity index is 1.66. The Kier molecular flexibility index (Phi) is 4.50. The minimum Gasteiger partial charge on any atom is -0.308 e. The van der Waals surface area contributed by atoms with Crippen LogP contribution in [-0.2, 0) is 20.6 Å². The molecule has 0 bridgehead atoms. The molecule has 0 aromatic carbocycles. The second-order valence-electron chi connectivity index (χ2n) is 7.10. The molecule has 5 aromatic rings. The molecule has 0 spiro atoms. The van der Waals surface area contributed by atoms with Crippen molar-refractivity contribution in [3.05, 3.63) is 64.7 Å². The number of nitrogens with one attached hydrogen (secondary N) is 1. The van der Waals surface area contributed by atoms with E-state index in [0.717, 1.165) is 19.9 Å². The van der Waals surface area contributed by atoms with Crippen molar-refractivity contribution in [2.45, 2.75) is 13.5 Å². The van der Waals surface area contributed by atoms with Crippen LogP contribution in [0.3, 0.4) is 0 Å². The average molecular weight is 475 g/mol. The van der Waals surface area contributed by atoms with E-state index < -0.39 is 11.2 Å². The number of aryl methyl sites for hydroxylation is 2. The Labute approximate surface area is 186 Å². The van der Waals surface area contributed by atoms with Crippen molar-refractivity contribution in [3.63, 3.8) is 0 Å². The number of rotatable bonds is 3. The van der Waals surface area contributed by atoms with Crippen LogP contribution in [-0.4, -0.2) is 28.7 Å². The third-order valence-electron chi connectivity index (χ3n) is 5.11. The molecular formula is C19H15ClN6O3S2. The molecule has 0 saturated heterocycles. The van der Waals surface area contributed by atoms with E-state index in [1.807, 2.05) is 24.4 Å². The molecule has 0 aliphatic heterocycles. The highest BCUT2D eigenvalue weighted by atomic mass is 35.5. The number of H-pyrrole nitrogens is 1. The smallest absolute Gasteiger partial charge is 0.308 e. The minimum atomic E-state index is -0.521. The van der Waals surface area contributed by atoms with Crippen LogP contribution in [0.15, 0.2) is 31.9 Å². The summed E-state index contributed by atoms with van der Waals surface area (Å²) in [5.41, 5.74) is -0.0862. The zero-order valence-electron chi connectivity index (χ0n) is 16.6. The van der Waals surface area contributed by atoms with Gasteiger partial charge in [-0.2, -0.15) is 4.98 Å². The Hall–Kier alpha value is -3.02. The first-order valence-electron chi connectivity index (χ1n) is 9.15. The van der Waals surface area contributed by atoms with Crippen molar-refractivity contribution in [1.82, 2.24) is 28.7 Å². The van der Waals surface area contributed by atoms with Gasteiger partial charge in [0.05, 0.1) is 11.9 Å². The number of imidazole rings is 1. The highest BCUT2D eigenvalue weighted by molar-refractivity contribution is 7.19. The number of aromatic amines is 1. The van der Waals surface area contributed by atoms with Crippen molar-refractivity contribution < 1.29 is 0 Å². The van der Waals surface area contributed by atoms with E-state index in [2.05, 4.69) is 15.0 Å². The average Bonchev–Trinajstić information content (AvgIpc) is 3.43. The zero-order valence-corrected chi connectivity index (χ0v) is 19.0. The van der Waals surface area contributed by atoms with Crippen molar-refractivity contribution >= 4 is 55.7 Å². The lowest BCUT2D eigenvalue weighted by Crippen LogP contribution is -2.37. The fourth-order valence-corrected chi connectivity index (χ4v) is 5.69. The third kappa shape index (κ3) is 2.99. The first kappa shape index (κ1) is 19.9. The van der Waals surface area contributed by atoms with Crippen molar-refractivity contribution in [3.8, 4) is 10.4 Å². The summed E-state index contributed by atoms with van der Waals surface area (Å²) in [4.78, 5) is 52.1. The molecule has 9 nitrogen and oxygen atoms in total. The van der Waals surface area contributed by atoms with Crippen molar-refractivity contribution in [2.24, 2.45) is 14.1 Å². The molecule has 1 N–H and O–H groups in total. The molecule has 0 saturated carbocycles. The molecule has 0 unspecified atom stereocenters. The summed E-state index contributed by atoms with van der Waals surface area (Å²) in [6, 6.07) is 4.01. The van der Waals surface area contributed by atoms with Crippen LogP contribution in [0.1, 0.15) is 10.7 Å². The highest BCUT2D eigenvalue weighted by Crippen LogP contribution is 2.35. The lowest BCUT2D eigenvalue weighted by Gasteiger charge is -2.07. The number of thiophene rings is 2. The highest BCUT2D eigenvalue weighted by Gasteiger charge is 2.20. The maximum Gasteiger partial charge on any atom is 0.332 e. The Bertz CT molecular complexity index is 1680. The van der Waals surface area contributed by atoms with Crippen LogP contribution >= 0.6 is 34.3 Å². The van der Waals surface area contributed by atoms with E-state index in [0.29, 0.717) is 16.0 Å². The summed E-state index contributed by atoms with van der Waals surface area (Å²) in [7, 11) is 2.91. The summed E-state index contributed by atoms with van der Waals surface area (Å²) in [5.74, 6) is 0.338. The standard InChI is InChI=1S/C19H15ClN6O3S2/c1-8-4-5-10(31-8)9-7-30-16-12(9)15(27)21-11(22-16)6-26-13-14(23-18(26)20)24(2)19(29)25(3)17(13)28/h4-5,7H,6H2,1-3H3,(H,21,22,27). The number of halogens is 1. The molecule has 0 atom stereocenters. The Morgan fingerprint density at radius 1 is 1.13 bits per heavy atom. The van der Waals surface area contributed by atoms with Gasteiger partial charge in [-0.25, -0.2) is 9.78 Å². The van der Waals surface area contributed by atoms with Crippen LogP contribution in [0.2, 0.25) is 5.28 Å². The van der Waals surface area contributed by atoms with Gasteiger partial charge < -0.3 is 9.55 Å². The monoisotopic (exact) mass is 474 g/mol. The first-order valence-corrected chi connectivity index (χ1v) is 11.2. The largest absolute Gasteiger partial charge is 0.332 e. The predicted molar refractivity (Wildman–Crippen MR) is 123 cm³/mol. The van der Waals surface area contributed by atoms with E-state index >= 15 is 0 Å². The van der Waals surface area contributed by atoms with E-state index in [-0.39, 0.29) is 28.6 Å². The lowest BCUT2D eigenvalue weighted by atomic mass is 10.2. The van der Waals surface area contributed by atoms with E-state index in [4.69, 9.17) is 11.6 Å². The predicted octanol–water partition coefficient (Wildman–Crippen LogP) is 2.47. The molecular weight excluding hydrogens is 460 g/mol. The number of nitrogens with zero attached hydrogens (tertiary/aromatic N) is 5. The fraction of sp³-hybridized carbons (Fsp3) is 0.211. The number of aromatic nitrogens is 6. The normalized spacial score (nSPS) is 11.7. The van der Waals surface area contributed by atoms with Gasteiger partial charge in [0.15, 0.2) is 11.2 Å². The molecule has 5 aromatic heterocycles. The van der Waals surface area contributed by atoms with Gasteiger partial charge in [0.25, 0.3) is 11.1 Å². The first-order chi connectivity index (χ1) is 14.8. The van der Waals surface area contributed by atoms with Gasteiger partial charge in [0, 0.05) is 34.8 Å². The summed E-state index contributed by atoms with van der Waals surface area (Å²) in [5, 5.41) is 2.49. The zero-order chi connectivity index (χ0) is 22.0. The van der Waals surface area contributed by atoms with Crippen LogP contribution in [0, 0.1) is 6.92 Å². The minimum absolute atomic E-state index is 0.0250. The maximum absolute atomic E-state index is 12.9. The SMILES string of the molecule is Cc1ccc(-c2csc3nc(Cn4c(Cl)nc5c4c(=O)n(C)c(=O)n5C)[nH]c(=O)c23)s1. The number of hydrogen-bond acceptors (Lipinski definition) is 7. The van der Waals surface area contributed by atoms with E-state index in [9.17, 15) is 14.4 Å². The number of fused-ring (bicyclic) bond motifs is 2. The summed E-state index contributed by atoms with van der Waals surface area (Å²) in [6.45, 7) is 2.04. The van der Waals surface area contributed by atoms with Gasteiger partial charge in [-0.15, -0.1) is 22.7 Å². The molecule has 0 aliphatic carbocycles. The molecule has 0 fully saturated rings. The molecule has 158 valence electrons. The Morgan fingerprint density at radius 2 is 1.90 bits per heavy atom. The van der Waals surface area contributed by atoms with Gasteiger partial charge in [-0.05, 0) is 30.7 Å². The number of hydrogen-bond donors (Lipinski definition) is 1.